The summed E-state index contributed by atoms with van der Waals surface area (Å²) in [7, 11) is -0.384. The van der Waals surface area contributed by atoms with Crippen molar-refractivity contribution in [1.29, 1.82) is 0 Å². The van der Waals surface area contributed by atoms with Gasteiger partial charge in [-0.1, -0.05) is 12.1 Å². The highest BCUT2D eigenvalue weighted by atomic mass is 32.2. The second-order valence-electron chi connectivity index (χ2n) is 5.29. The monoisotopic (exact) mass is 365 g/mol. The lowest BCUT2D eigenvalue weighted by atomic mass is 10.2. The number of thioether (sulfide) groups is 1. The Bertz CT molecular complexity index is 788. The third-order valence-corrected chi connectivity index (χ3v) is 7.19. The van der Waals surface area contributed by atoms with Crippen LogP contribution in [-0.2, 0) is 10.0 Å². The molecular weight excluding hydrogens is 346 g/mol. The maximum Gasteiger partial charge on any atom is 0.244 e. The lowest BCUT2D eigenvalue weighted by Gasteiger charge is -2.23. The third kappa shape index (κ3) is 3.24. The number of hydrogen-bond donors (Lipinski definition) is 0. The molecule has 0 spiro atoms. The summed E-state index contributed by atoms with van der Waals surface area (Å²) in [5.74, 6) is 2.16. The van der Waals surface area contributed by atoms with Crippen molar-refractivity contribution in [3.63, 3.8) is 0 Å². The van der Waals surface area contributed by atoms with E-state index in [1.165, 1.54) is 0 Å². The molecule has 1 atom stereocenters. The van der Waals surface area contributed by atoms with E-state index in [-0.39, 0.29) is 10.3 Å². The van der Waals surface area contributed by atoms with E-state index in [0.29, 0.717) is 12.3 Å². The van der Waals surface area contributed by atoms with Gasteiger partial charge in [-0.25, -0.2) is 8.42 Å². The van der Waals surface area contributed by atoms with Gasteiger partial charge < -0.3 is 9.47 Å². The Morgan fingerprint density at radius 3 is 2.04 bits per heavy atom. The van der Waals surface area contributed by atoms with E-state index in [4.69, 9.17) is 9.47 Å². The summed E-state index contributed by atoms with van der Waals surface area (Å²) >= 11 is 1.63. The van der Waals surface area contributed by atoms with Crippen molar-refractivity contribution in [3.8, 4) is 11.5 Å². The highest BCUT2D eigenvalue weighted by Crippen LogP contribution is 2.41. The average Bonchev–Trinajstić information content (AvgIpc) is 3.12. The van der Waals surface area contributed by atoms with Gasteiger partial charge in [0.1, 0.15) is 11.5 Å². The van der Waals surface area contributed by atoms with Gasteiger partial charge >= 0.3 is 0 Å². The fourth-order valence-electron chi connectivity index (χ4n) is 2.62. The maximum absolute atomic E-state index is 13.0. The molecule has 0 saturated carbocycles. The minimum absolute atomic E-state index is 0.219. The van der Waals surface area contributed by atoms with E-state index < -0.39 is 10.0 Å². The molecule has 1 aliphatic rings. The molecule has 0 aromatic heterocycles. The van der Waals surface area contributed by atoms with Gasteiger partial charge in [0.15, 0.2) is 0 Å². The lowest BCUT2D eigenvalue weighted by Crippen LogP contribution is -2.30. The van der Waals surface area contributed by atoms with E-state index in [0.717, 1.165) is 17.1 Å². The Morgan fingerprint density at radius 2 is 1.50 bits per heavy atom. The van der Waals surface area contributed by atoms with Gasteiger partial charge in [0.05, 0.1) is 24.5 Å². The van der Waals surface area contributed by atoms with Crippen LogP contribution in [-0.4, -0.2) is 39.2 Å². The zero-order valence-electron chi connectivity index (χ0n) is 13.5. The van der Waals surface area contributed by atoms with Gasteiger partial charge in [0.25, 0.3) is 0 Å². The minimum Gasteiger partial charge on any atom is -0.497 e. The number of sulfonamides is 1. The molecule has 0 unspecified atom stereocenters. The zero-order valence-corrected chi connectivity index (χ0v) is 15.1. The average molecular weight is 365 g/mol. The van der Waals surface area contributed by atoms with E-state index in [9.17, 15) is 8.42 Å². The Labute approximate surface area is 146 Å². The predicted molar refractivity (Wildman–Crippen MR) is 95.1 cm³/mol. The normalized spacial score (nSPS) is 18.5. The van der Waals surface area contributed by atoms with Crippen LogP contribution in [0.15, 0.2) is 53.4 Å². The predicted octanol–water partition coefficient (Wildman–Crippen LogP) is 3.14. The number of rotatable bonds is 5. The van der Waals surface area contributed by atoms with Gasteiger partial charge in [-0.15, -0.1) is 11.8 Å². The van der Waals surface area contributed by atoms with Crippen LogP contribution in [0.4, 0.5) is 0 Å². The molecule has 128 valence electrons. The smallest absolute Gasteiger partial charge is 0.244 e. The molecule has 0 bridgehead atoms. The van der Waals surface area contributed by atoms with Crippen LogP contribution in [0.25, 0.3) is 0 Å². The molecule has 0 N–H and O–H groups in total. The van der Waals surface area contributed by atoms with E-state index in [1.54, 1.807) is 54.6 Å². The molecule has 0 amide bonds. The molecule has 0 radical (unpaired) electrons. The zero-order chi connectivity index (χ0) is 17.2. The SMILES string of the molecule is COc1ccc([C@H]2SCCN2S(=O)(=O)c2ccc(OC)cc2)cc1. The molecule has 0 aliphatic carbocycles. The summed E-state index contributed by atoms with van der Waals surface area (Å²) in [5.41, 5.74) is 0.954. The number of ether oxygens (including phenoxy) is 2. The standard InChI is InChI=1S/C17H19NO4S2/c1-21-14-5-3-13(4-6-14)17-18(11-12-23-17)24(19,20)16-9-7-15(22-2)8-10-16/h3-10,17H,11-12H2,1-2H3/t17-/m1/s1. The number of hydrogen-bond acceptors (Lipinski definition) is 5. The van der Waals surface area contributed by atoms with E-state index in [1.807, 2.05) is 24.3 Å². The second-order valence-corrected chi connectivity index (χ2v) is 8.37. The number of nitrogens with zero attached hydrogens (tertiary/aromatic N) is 1. The van der Waals surface area contributed by atoms with Gasteiger partial charge in [0.2, 0.25) is 10.0 Å². The first kappa shape index (κ1) is 17.1. The highest BCUT2D eigenvalue weighted by molar-refractivity contribution is 8.01. The second kappa shape index (κ2) is 7.04. The van der Waals surface area contributed by atoms with Crippen molar-refractivity contribution in [2.24, 2.45) is 0 Å². The molecule has 3 rings (SSSR count). The highest BCUT2D eigenvalue weighted by Gasteiger charge is 2.36. The largest absolute Gasteiger partial charge is 0.497 e. The van der Waals surface area contributed by atoms with Crippen molar-refractivity contribution < 1.29 is 17.9 Å². The number of methoxy groups -OCH3 is 2. The number of benzene rings is 2. The van der Waals surface area contributed by atoms with Crippen LogP contribution in [0.5, 0.6) is 11.5 Å². The van der Waals surface area contributed by atoms with Crippen molar-refractivity contribution in [3.05, 3.63) is 54.1 Å². The van der Waals surface area contributed by atoms with Crippen LogP contribution >= 0.6 is 11.8 Å². The summed E-state index contributed by atoms with van der Waals surface area (Å²) in [6.45, 7) is 0.496. The Morgan fingerprint density at radius 1 is 0.958 bits per heavy atom. The van der Waals surface area contributed by atoms with E-state index in [2.05, 4.69) is 0 Å². The summed E-state index contributed by atoms with van der Waals surface area (Å²) in [5, 5.41) is -0.219. The summed E-state index contributed by atoms with van der Waals surface area (Å²) in [6.07, 6.45) is 0. The van der Waals surface area contributed by atoms with Crippen LogP contribution in [0.2, 0.25) is 0 Å². The van der Waals surface area contributed by atoms with Crippen LogP contribution in [0.3, 0.4) is 0 Å². The molecule has 5 nitrogen and oxygen atoms in total. The molecule has 1 aliphatic heterocycles. The molecule has 24 heavy (non-hydrogen) atoms. The van der Waals surface area contributed by atoms with Crippen molar-refractivity contribution in [2.75, 3.05) is 26.5 Å². The quantitative estimate of drug-likeness (QED) is 0.815. The summed E-state index contributed by atoms with van der Waals surface area (Å²) < 4.78 is 37.8. The third-order valence-electron chi connectivity index (χ3n) is 3.92. The van der Waals surface area contributed by atoms with Crippen LogP contribution in [0, 0.1) is 0 Å². The van der Waals surface area contributed by atoms with Gasteiger partial charge in [-0.2, -0.15) is 4.31 Å². The van der Waals surface area contributed by atoms with Crippen molar-refractivity contribution in [1.82, 2.24) is 4.31 Å². The molecule has 7 heteroatoms. The van der Waals surface area contributed by atoms with Crippen molar-refractivity contribution in [2.45, 2.75) is 10.3 Å². The molecule has 1 saturated heterocycles. The fourth-order valence-corrected chi connectivity index (χ4v) is 5.86. The Hall–Kier alpha value is -1.70. The first-order chi connectivity index (χ1) is 11.6. The van der Waals surface area contributed by atoms with Crippen LogP contribution in [0.1, 0.15) is 10.9 Å². The first-order valence-corrected chi connectivity index (χ1v) is 9.96. The van der Waals surface area contributed by atoms with E-state index >= 15 is 0 Å². The summed E-state index contributed by atoms with van der Waals surface area (Å²) in [4.78, 5) is 0.282. The molecule has 1 fully saturated rings. The molecule has 2 aromatic carbocycles. The summed E-state index contributed by atoms with van der Waals surface area (Å²) in [6, 6.07) is 14.0. The maximum atomic E-state index is 13.0. The lowest BCUT2D eigenvalue weighted by molar-refractivity contribution is 0.412. The topological polar surface area (TPSA) is 55.8 Å². The minimum atomic E-state index is -3.55. The van der Waals surface area contributed by atoms with Gasteiger partial charge in [-0.3, -0.25) is 0 Å². The van der Waals surface area contributed by atoms with Crippen LogP contribution < -0.4 is 9.47 Å². The Kier molecular flexibility index (Phi) is 5.03. The fraction of sp³-hybridized carbons (Fsp3) is 0.294. The first-order valence-electron chi connectivity index (χ1n) is 7.47. The van der Waals surface area contributed by atoms with Gasteiger partial charge in [0, 0.05) is 12.3 Å². The molecular formula is C17H19NO4S2. The molecule has 2 aromatic rings. The van der Waals surface area contributed by atoms with Crippen molar-refractivity contribution >= 4 is 21.8 Å². The Balaban J connectivity index is 1.90. The molecule has 1 heterocycles. The van der Waals surface area contributed by atoms with Gasteiger partial charge in [-0.05, 0) is 42.0 Å².